The van der Waals surface area contributed by atoms with Crippen molar-refractivity contribution >= 4 is 37.3 Å². The highest BCUT2D eigenvalue weighted by atomic mass is 79.9. The molecule has 0 radical (unpaired) electrons. The van der Waals surface area contributed by atoms with E-state index >= 15 is 0 Å². The fraction of sp³-hybridized carbons (Fsp3) is 0.200. The van der Waals surface area contributed by atoms with Crippen molar-refractivity contribution in [3.05, 3.63) is 52.0 Å². The maximum absolute atomic E-state index is 12.5. The number of fused-ring (bicyclic) bond motifs is 1. The summed E-state index contributed by atoms with van der Waals surface area (Å²) in [5, 5.41) is 3.20. The van der Waals surface area contributed by atoms with Crippen LogP contribution in [0.15, 0.2) is 45.8 Å². The van der Waals surface area contributed by atoms with E-state index in [0.717, 1.165) is 34.3 Å². The van der Waals surface area contributed by atoms with Crippen molar-refractivity contribution < 1.29 is 8.42 Å². The quantitative estimate of drug-likeness (QED) is 0.873. The summed E-state index contributed by atoms with van der Waals surface area (Å²) in [5.41, 5.74) is 3.60. The summed E-state index contributed by atoms with van der Waals surface area (Å²) >= 11 is 3.37. The molecule has 21 heavy (non-hydrogen) atoms. The molecule has 2 N–H and O–H groups in total. The molecule has 4 nitrogen and oxygen atoms in total. The molecule has 0 saturated heterocycles. The number of halogens is 1. The monoisotopic (exact) mass is 366 g/mol. The van der Waals surface area contributed by atoms with Gasteiger partial charge in [0.25, 0.3) is 10.0 Å². The van der Waals surface area contributed by atoms with Gasteiger partial charge in [-0.1, -0.05) is 12.1 Å². The topological polar surface area (TPSA) is 58.2 Å². The van der Waals surface area contributed by atoms with Crippen LogP contribution in [0.5, 0.6) is 0 Å². The first-order valence-corrected chi connectivity index (χ1v) is 8.89. The molecule has 3 rings (SSSR count). The van der Waals surface area contributed by atoms with Crippen LogP contribution in [0.1, 0.15) is 11.1 Å². The minimum atomic E-state index is -3.59. The van der Waals surface area contributed by atoms with Gasteiger partial charge in [-0.15, -0.1) is 0 Å². The summed E-state index contributed by atoms with van der Waals surface area (Å²) in [4.78, 5) is 0.268. The Kier molecular flexibility index (Phi) is 3.67. The number of sulfonamides is 1. The number of anilines is 2. The van der Waals surface area contributed by atoms with Crippen LogP contribution in [0.4, 0.5) is 11.4 Å². The van der Waals surface area contributed by atoms with Crippen LogP contribution >= 0.6 is 15.9 Å². The maximum atomic E-state index is 12.5. The average Bonchev–Trinajstić information content (AvgIpc) is 2.90. The minimum absolute atomic E-state index is 0.268. The Hall–Kier alpha value is -1.53. The van der Waals surface area contributed by atoms with Crippen molar-refractivity contribution in [3.8, 4) is 0 Å². The molecule has 0 unspecified atom stereocenters. The third kappa shape index (κ3) is 2.91. The van der Waals surface area contributed by atoms with Crippen LogP contribution in [0.2, 0.25) is 0 Å². The van der Waals surface area contributed by atoms with E-state index in [2.05, 4.69) is 26.0 Å². The van der Waals surface area contributed by atoms with Gasteiger partial charge in [-0.2, -0.15) is 0 Å². The smallest absolute Gasteiger partial charge is 0.262 e. The first-order valence-electron chi connectivity index (χ1n) is 6.61. The third-order valence-corrected chi connectivity index (χ3v) is 5.52. The van der Waals surface area contributed by atoms with Crippen LogP contribution in [-0.2, 0) is 16.4 Å². The van der Waals surface area contributed by atoms with Gasteiger partial charge >= 0.3 is 0 Å². The van der Waals surface area contributed by atoms with Crippen molar-refractivity contribution in [2.75, 3.05) is 16.6 Å². The highest BCUT2D eigenvalue weighted by Gasteiger charge is 2.19. The zero-order chi connectivity index (χ0) is 15.0. The Balaban J connectivity index is 1.95. The van der Waals surface area contributed by atoms with E-state index in [0.29, 0.717) is 5.69 Å². The summed E-state index contributed by atoms with van der Waals surface area (Å²) in [5.74, 6) is 0. The molecule has 2 aromatic carbocycles. The number of aryl methyl sites for hydroxylation is 1. The summed E-state index contributed by atoms with van der Waals surface area (Å²) in [6.07, 6.45) is 0.937. The van der Waals surface area contributed by atoms with Gasteiger partial charge in [-0.25, -0.2) is 8.42 Å². The van der Waals surface area contributed by atoms with Crippen LogP contribution in [-0.4, -0.2) is 15.0 Å². The molecule has 1 heterocycles. The summed E-state index contributed by atoms with van der Waals surface area (Å²) < 4.78 is 28.4. The van der Waals surface area contributed by atoms with Crippen molar-refractivity contribution in [1.29, 1.82) is 0 Å². The fourth-order valence-electron chi connectivity index (χ4n) is 2.36. The molecule has 0 aromatic heterocycles. The molecule has 6 heteroatoms. The van der Waals surface area contributed by atoms with Crippen LogP contribution in [0.25, 0.3) is 0 Å². The molecule has 110 valence electrons. The molecule has 1 aliphatic heterocycles. The van der Waals surface area contributed by atoms with Crippen molar-refractivity contribution in [3.63, 3.8) is 0 Å². The fourth-order valence-corrected chi connectivity index (χ4v) is 3.93. The molecular weight excluding hydrogens is 352 g/mol. The molecule has 1 aliphatic rings. The molecule has 0 fully saturated rings. The van der Waals surface area contributed by atoms with Gasteiger partial charge in [0.1, 0.15) is 0 Å². The standard InChI is InChI=1S/C15H15BrN2O2S/c1-10-2-5-13(16)15(8-10)18-21(19,20)12-4-3-11-6-7-17-14(11)9-12/h2-5,8-9,17-18H,6-7H2,1H3. The first kappa shape index (κ1) is 14.4. The SMILES string of the molecule is Cc1ccc(Br)c(NS(=O)(=O)c2ccc3c(c2)NCC3)c1. The molecule has 0 saturated carbocycles. The van der Waals surface area contributed by atoms with E-state index in [-0.39, 0.29) is 4.90 Å². The van der Waals surface area contributed by atoms with E-state index in [1.807, 2.05) is 25.1 Å². The van der Waals surface area contributed by atoms with Gasteiger partial charge < -0.3 is 5.32 Å². The lowest BCUT2D eigenvalue weighted by Crippen LogP contribution is -2.13. The van der Waals surface area contributed by atoms with Gasteiger partial charge in [0.15, 0.2) is 0 Å². The number of hydrogen-bond donors (Lipinski definition) is 2. The van der Waals surface area contributed by atoms with E-state index in [1.54, 1.807) is 18.2 Å². The summed E-state index contributed by atoms with van der Waals surface area (Å²) in [6, 6.07) is 10.8. The number of rotatable bonds is 3. The van der Waals surface area contributed by atoms with E-state index in [4.69, 9.17) is 0 Å². The number of nitrogens with one attached hydrogen (secondary N) is 2. The molecular formula is C15H15BrN2O2S. The Morgan fingerprint density at radius 2 is 2.00 bits per heavy atom. The van der Waals surface area contributed by atoms with Crippen LogP contribution < -0.4 is 10.0 Å². The lowest BCUT2D eigenvalue weighted by atomic mass is 10.2. The second-order valence-electron chi connectivity index (χ2n) is 5.08. The predicted octanol–water partition coefficient (Wildman–Crippen LogP) is 3.53. The second kappa shape index (κ2) is 5.35. The molecule has 0 atom stereocenters. The lowest BCUT2D eigenvalue weighted by molar-refractivity contribution is 0.601. The van der Waals surface area contributed by atoms with Crippen molar-refractivity contribution in [2.24, 2.45) is 0 Å². The van der Waals surface area contributed by atoms with Crippen molar-refractivity contribution in [2.45, 2.75) is 18.2 Å². The summed E-state index contributed by atoms with van der Waals surface area (Å²) in [6.45, 7) is 2.78. The van der Waals surface area contributed by atoms with Gasteiger partial charge in [-0.05, 0) is 64.7 Å². The van der Waals surface area contributed by atoms with E-state index in [1.165, 1.54) is 0 Å². The van der Waals surface area contributed by atoms with Crippen molar-refractivity contribution in [1.82, 2.24) is 0 Å². The summed E-state index contributed by atoms with van der Waals surface area (Å²) in [7, 11) is -3.59. The molecule has 0 spiro atoms. The lowest BCUT2D eigenvalue weighted by Gasteiger charge is -2.11. The van der Waals surface area contributed by atoms with Gasteiger partial charge in [0.2, 0.25) is 0 Å². The number of benzene rings is 2. The van der Waals surface area contributed by atoms with Crippen LogP contribution in [0, 0.1) is 6.92 Å². The van der Waals surface area contributed by atoms with Gasteiger partial charge in [0, 0.05) is 16.7 Å². The Labute approximate surface area is 132 Å². The number of hydrogen-bond acceptors (Lipinski definition) is 3. The Morgan fingerprint density at radius 1 is 1.19 bits per heavy atom. The Morgan fingerprint density at radius 3 is 2.81 bits per heavy atom. The minimum Gasteiger partial charge on any atom is -0.384 e. The highest BCUT2D eigenvalue weighted by molar-refractivity contribution is 9.10. The predicted molar refractivity (Wildman–Crippen MR) is 88.3 cm³/mol. The van der Waals surface area contributed by atoms with E-state index < -0.39 is 10.0 Å². The third-order valence-electron chi connectivity index (χ3n) is 3.47. The zero-order valence-corrected chi connectivity index (χ0v) is 13.9. The van der Waals surface area contributed by atoms with Gasteiger partial charge in [-0.3, -0.25) is 4.72 Å². The molecule has 0 amide bonds. The van der Waals surface area contributed by atoms with E-state index in [9.17, 15) is 8.42 Å². The first-order chi connectivity index (χ1) is 9.95. The highest BCUT2D eigenvalue weighted by Crippen LogP contribution is 2.29. The van der Waals surface area contributed by atoms with Gasteiger partial charge in [0.05, 0.1) is 10.6 Å². The zero-order valence-electron chi connectivity index (χ0n) is 11.5. The van der Waals surface area contributed by atoms with Crippen LogP contribution in [0.3, 0.4) is 0 Å². The average molecular weight is 367 g/mol. The Bertz CT molecular complexity index is 803. The molecule has 2 aromatic rings. The normalized spacial score (nSPS) is 13.6. The largest absolute Gasteiger partial charge is 0.384 e. The molecule has 0 aliphatic carbocycles. The second-order valence-corrected chi connectivity index (χ2v) is 7.62. The molecule has 0 bridgehead atoms. The maximum Gasteiger partial charge on any atom is 0.262 e.